The summed E-state index contributed by atoms with van der Waals surface area (Å²) >= 11 is 0. The minimum absolute atomic E-state index is 0.505. The summed E-state index contributed by atoms with van der Waals surface area (Å²) in [4.78, 5) is 2.56. The van der Waals surface area contributed by atoms with E-state index in [0.29, 0.717) is 5.41 Å². The van der Waals surface area contributed by atoms with Crippen molar-refractivity contribution in [3.8, 4) is 0 Å². The molecule has 2 aliphatic rings. The number of rotatable bonds is 3. The predicted octanol–water partition coefficient (Wildman–Crippen LogP) is 1.78. The van der Waals surface area contributed by atoms with Crippen molar-refractivity contribution in [2.24, 2.45) is 17.1 Å². The van der Waals surface area contributed by atoms with Gasteiger partial charge < -0.3 is 5.73 Å². The largest absolute Gasteiger partial charge is 0.330 e. The molecule has 1 aromatic carbocycles. The number of hydrogen-bond acceptors (Lipinski definition) is 2. The number of nitrogens with two attached hydrogens (primary N) is 1. The fourth-order valence-electron chi connectivity index (χ4n) is 3.09. The Morgan fingerprint density at radius 1 is 1.38 bits per heavy atom. The van der Waals surface area contributed by atoms with Crippen molar-refractivity contribution in [3.63, 3.8) is 0 Å². The molecule has 3 rings (SSSR count). The van der Waals surface area contributed by atoms with E-state index < -0.39 is 0 Å². The van der Waals surface area contributed by atoms with Gasteiger partial charge in [-0.2, -0.15) is 0 Å². The maximum atomic E-state index is 5.86. The predicted molar refractivity (Wildman–Crippen MR) is 66.1 cm³/mol. The first-order valence-electron chi connectivity index (χ1n) is 6.20. The summed E-state index contributed by atoms with van der Waals surface area (Å²) in [7, 11) is 0. The molecule has 2 atom stereocenters. The second kappa shape index (κ2) is 3.57. The Balaban J connectivity index is 1.63. The van der Waals surface area contributed by atoms with Gasteiger partial charge in [0.15, 0.2) is 0 Å². The van der Waals surface area contributed by atoms with Gasteiger partial charge in [-0.25, -0.2) is 0 Å². The molecular weight excluding hydrogens is 196 g/mol. The van der Waals surface area contributed by atoms with E-state index in [-0.39, 0.29) is 0 Å². The van der Waals surface area contributed by atoms with Gasteiger partial charge >= 0.3 is 0 Å². The number of aryl methyl sites for hydroxylation is 1. The highest BCUT2D eigenvalue weighted by molar-refractivity contribution is 5.22. The van der Waals surface area contributed by atoms with Crippen molar-refractivity contribution >= 4 is 0 Å². The van der Waals surface area contributed by atoms with Crippen LogP contribution in [0.25, 0.3) is 0 Å². The zero-order chi connectivity index (χ0) is 11.2. The molecule has 2 nitrogen and oxygen atoms in total. The molecule has 0 bridgehead atoms. The fraction of sp³-hybridized carbons (Fsp3) is 0.571. The second-order valence-corrected chi connectivity index (χ2v) is 5.62. The smallest absolute Gasteiger partial charge is 0.0234 e. The minimum atomic E-state index is 0.505. The summed E-state index contributed by atoms with van der Waals surface area (Å²) in [5.74, 6) is 0.892. The summed E-state index contributed by atoms with van der Waals surface area (Å²) in [5.41, 5.74) is 9.13. The highest BCUT2D eigenvalue weighted by Gasteiger charge is 2.58. The third-order valence-electron chi connectivity index (χ3n) is 4.31. The summed E-state index contributed by atoms with van der Waals surface area (Å²) in [6.07, 6.45) is 1.37. The van der Waals surface area contributed by atoms with Crippen LogP contribution in [0, 0.1) is 18.3 Å². The lowest BCUT2D eigenvalue weighted by molar-refractivity contribution is 0.274. The van der Waals surface area contributed by atoms with Gasteiger partial charge in [0.1, 0.15) is 0 Å². The standard InChI is InChI=1S/C14H20N2/c1-11-2-4-12(5-3-11)7-16-8-13-6-14(13,9-15)10-16/h2-5,13H,6-10,15H2,1H3/t13-,14-/m1/s1. The number of nitrogens with zero attached hydrogens (tertiary/aromatic N) is 1. The van der Waals surface area contributed by atoms with Gasteiger partial charge in [0.2, 0.25) is 0 Å². The molecule has 0 radical (unpaired) electrons. The Bertz CT molecular complexity index is 380. The fourth-order valence-corrected chi connectivity index (χ4v) is 3.09. The zero-order valence-corrected chi connectivity index (χ0v) is 9.95. The number of hydrogen-bond donors (Lipinski definition) is 1. The molecule has 1 aliphatic carbocycles. The molecule has 16 heavy (non-hydrogen) atoms. The van der Waals surface area contributed by atoms with Gasteiger partial charge in [-0.05, 0) is 36.8 Å². The van der Waals surface area contributed by atoms with Crippen LogP contribution in [0.4, 0.5) is 0 Å². The molecule has 1 aliphatic heterocycles. The third-order valence-corrected chi connectivity index (χ3v) is 4.31. The van der Waals surface area contributed by atoms with Gasteiger partial charge in [-0.3, -0.25) is 4.90 Å². The van der Waals surface area contributed by atoms with Crippen LogP contribution < -0.4 is 5.73 Å². The van der Waals surface area contributed by atoms with Gasteiger partial charge in [0, 0.05) is 19.6 Å². The number of benzene rings is 1. The molecule has 0 spiro atoms. The van der Waals surface area contributed by atoms with Crippen LogP contribution >= 0.6 is 0 Å². The van der Waals surface area contributed by atoms with Crippen molar-refractivity contribution in [3.05, 3.63) is 35.4 Å². The van der Waals surface area contributed by atoms with Crippen LogP contribution in [-0.2, 0) is 6.54 Å². The molecule has 0 aromatic heterocycles. The van der Waals surface area contributed by atoms with Crippen molar-refractivity contribution in [1.29, 1.82) is 0 Å². The molecule has 86 valence electrons. The average molecular weight is 216 g/mol. The SMILES string of the molecule is Cc1ccc(CN2C[C@H]3C[C@@]3(CN)C2)cc1. The van der Waals surface area contributed by atoms with Crippen LogP contribution in [0.1, 0.15) is 17.5 Å². The molecule has 1 aromatic rings. The summed E-state index contributed by atoms with van der Waals surface area (Å²) < 4.78 is 0. The second-order valence-electron chi connectivity index (χ2n) is 5.62. The first kappa shape index (κ1) is 10.3. The van der Waals surface area contributed by atoms with Gasteiger partial charge in [0.05, 0.1) is 0 Å². The number of piperidine rings is 1. The maximum absolute atomic E-state index is 5.86. The van der Waals surface area contributed by atoms with E-state index in [1.165, 1.54) is 30.6 Å². The van der Waals surface area contributed by atoms with Crippen molar-refractivity contribution in [2.75, 3.05) is 19.6 Å². The van der Waals surface area contributed by atoms with E-state index in [2.05, 4.69) is 36.1 Å². The normalized spacial score (nSPS) is 32.8. The third kappa shape index (κ3) is 1.66. The van der Waals surface area contributed by atoms with E-state index in [1.807, 2.05) is 0 Å². The molecule has 1 heterocycles. The highest BCUT2D eigenvalue weighted by atomic mass is 15.2. The molecule has 2 fully saturated rings. The minimum Gasteiger partial charge on any atom is -0.330 e. The first-order chi connectivity index (χ1) is 7.72. The molecule has 2 N–H and O–H groups in total. The lowest BCUT2D eigenvalue weighted by Crippen LogP contribution is -2.28. The first-order valence-corrected chi connectivity index (χ1v) is 6.20. The number of likely N-dealkylation sites (tertiary alicyclic amines) is 1. The summed E-state index contributed by atoms with van der Waals surface area (Å²) in [6.45, 7) is 6.58. The van der Waals surface area contributed by atoms with Crippen LogP contribution in [0.3, 0.4) is 0 Å². The van der Waals surface area contributed by atoms with E-state index in [4.69, 9.17) is 5.73 Å². The van der Waals surface area contributed by atoms with Crippen molar-refractivity contribution in [2.45, 2.75) is 19.9 Å². The Morgan fingerprint density at radius 3 is 2.75 bits per heavy atom. The topological polar surface area (TPSA) is 29.3 Å². The molecule has 1 saturated heterocycles. The van der Waals surface area contributed by atoms with E-state index in [9.17, 15) is 0 Å². The van der Waals surface area contributed by atoms with Crippen LogP contribution in [0.5, 0.6) is 0 Å². The average Bonchev–Trinajstić information content (AvgIpc) is 2.86. The number of fused-ring (bicyclic) bond motifs is 1. The molecular formula is C14H20N2. The van der Waals surface area contributed by atoms with Crippen LogP contribution in [-0.4, -0.2) is 24.5 Å². The van der Waals surface area contributed by atoms with E-state index in [0.717, 1.165) is 19.0 Å². The quantitative estimate of drug-likeness (QED) is 0.834. The van der Waals surface area contributed by atoms with Crippen molar-refractivity contribution < 1.29 is 0 Å². The lowest BCUT2D eigenvalue weighted by Gasteiger charge is -2.20. The molecule has 1 saturated carbocycles. The van der Waals surface area contributed by atoms with Gasteiger partial charge in [-0.15, -0.1) is 0 Å². The highest BCUT2D eigenvalue weighted by Crippen LogP contribution is 2.57. The summed E-state index contributed by atoms with van der Waals surface area (Å²) in [5, 5.41) is 0. The van der Waals surface area contributed by atoms with Crippen LogP contribution in [0.2, 0.25) is 0 Å². The Labute approximate surface area is 97.4 Å². The monoisotopic (exact) mass is 216 g/mol. The molecule has 2 heteroatoms. The molecule has 0 unspecified atom stereocenters. The zero-order valence-electron chi connectivity index (χ0n) is 9.95. The Morgan fingerprint density at radius 2 is 2.12 bits per heavy atom. The lowest BCUT2D eigenvalue weighted by atomic mass is 10.1. The van der Waals surface area contributed by atoms with Crippen LogP contribution in [0.15, 0.2) is 24.3 Å². The Kier molecular flexibility index (Phi) is 2.30. The van der Waals surface area contributed by atoms with Gasteiger partial charge in [0.25, 0.3) is 0 Å². The van der Waals surface area contributed by atoms with Gasteiger partial charge in [-0.1, -0.05) is 29.8 Å². The Hall–Kier alpha value is -0.860. The molecule has 0 amide bonds. The summed E-state index contributed by atoms with van der Waals surface area (Å²) in [6, 6.07) is 8.89. The van der Waals surface area contributed by atoms with Crippen molar-refractivity contribution in [1.82, 2.24) is 4.90 Å². The van der Waals surface area contributed by atoms with E-state index >= 15 is 0 Å². The maximum Gasteiger partial charge on any atom is 0.0234 e. The van der Waals surface area contributed by atoms with E-state index in [1.54, 1.807) is 0 Å².